The van der Waals surface area contributed by atoms with E-state index >= 15 is 0 Å². The van der Waals surface area contributed by atoms with Crippen molar-refractivity contribution in [2.45, 2.75) is 18.9 Å². The van der Waals surface area contributed by atoms with Crippen molar-refractivity contribution in [3.05, 3.63) is 0 Å². The van der Waals surface area contributed by atoms with Gasteiger partial charge in [-0.05, 0) is 6.42 Å². The van der Waals surface area contributed by atoms with Crippen molar-refractivity contribution in [2.24, 2.45) is 5.73 Å². The van der Waals surface area contributed by atoms with Gasteiger partial charge in [-0.3, -0.25) is 9.59 Å². The number of amides is 1. The molecule has 0 spiro atoms. The van der Waals surface area contributed by atoms with E-state index in [0.29, 0.717) is 13.1 Å². The molecular weight excluding hydrogens is 538 g/mol. The number of aliphatic carboxylic acids is 1. The van der Waals surface area contributed by atoms with Crippen LogP contribution in [0.25, 0.3) is 0 Å². The van der Waals surface area contributed by atoms with Gasteiger partial charge < -0.3 is 31.7 Å². The molecular formula is C13H27Cl2N5O11Zn. The standard InChI is InChI=1S/C13H27N5O3.2ClHO4.Zn/c14-11(13(20)21)1-2-12(19)18-9-7-16-5-3-15-4-6-17-8-10-18;2*2-1(3,4)5;/h11,15-17H,1-10,14H2,(H,20,21);2*(H,2,3,4,5);/q;;;+2/p-2. The van der Waals surface area contributed by atoms with Crippen molar-refractivity contribution in [3.8, 4) is 0 Å². The summed E-state index contributed by atoms with van der Waals surface area (Å²) < 4.78 is 67.9. The molecule has 0 aromatic heterocycles. The fourth-order valence-corrected chi connectivity index (χ4v) is 2.08. The van der Waals surface area contributed by atoms with Gasteiger partial charge in [0.25, 0.3) is 0 Å². The van der Waals surface area contributed by atoms with Crippen LogP contribution in [-0.2, 0) is 29.1 Å². The molecule has 1 rings (SSSR count). The maximum atomic E-state index is 12.2. The molecule has 186 valence electrons. The van der Waals surface area contributed by atoms with Gasteiger partial charge in [0.1, 0.15) is 6.04 Å². The van der Waals surface area contributed by atoms with Crippen LogP contribution < -0.4 is 59.0 Å². The number of carbonyl (C=O) groups is 2. The van der Waals surface area contributed by atoms with E-state index in [1.807, 2.05) is 0 Å². The number of hydrogen-bond donors (Lipinski definition) is 5. The van der Waals surface area contributed by atoms with E-state index in [4.69, 9.17) is 48.1 Å². The summed E-state index contributed by atoms with van der Waals surface area (Å²) in [6.45, 7) is 6.27. The largest absolute Gasteiger partial charge is 2.00 e. The molecule has 0 aliphatic carbocycles. The number of carboxylic acid groups (broad SMARTS) is 1. The Kier molecular flexibility index (Phi) is 22.7. The van der Waals surface area contributed by atoms with Gasteiger partial charge in [0.2, 0.25) is 5.91 Å². The molecule has 1 atom stereocenters. The predicted octanol–water partition coefficient (Wildman–Crippen LogP) is -11.7. The van der Waals surface area contributed by atoms with Gasteiger partial charge in [-0.1, -0.05) is 0 Å². The van der Waals surface area contributed by atoms with Gasteiger partial charge in [-0.2, -0.15) is 0 Å². The second-order valence-corrected chi connectivity index (χ2v) is 7.38. The fraction of sp³-hybridized carbons (Fsp3) is 0.846. The zero-order valence-corrected chi connectivity index (χ0v) is 21.6. The molecule has 1 unspecified atom stereocenters. The summed E-state index contributed by atoms with van der Waals surface area (Å²) >= 11 is 0. The number of rotatable bonds is 4. The minimum atomic E-state index is -4.94. The van der Waals surface area contributed by atoms with E-state index in [1.165, 1.54) is 0 Å². The van der Waals surface area contributed by atoms with Crippen LogP contribution >= 0.6 is 0 Å². The normalized spacial score (nSPS) is 17.0. The fourth-order valence-electron chi connectivity index (χ4n) is 2.08. The predicted molar refractivity (Wildman–Crippen MR) is 80.0 cm³/mol. The van der Waals surface area contributed by atoms with Crippen LogP contribution in [0, 0.1) is 20.5 Å². The smallest absolute Gasteiger partial charge is 0.480 e. The van der Waals surface area contributed by atoms with Crippen molar-refractivity contribution < 1.29 is 91.9 Å². The molecule has 1 aliphatic heterocycles. The molecule has 0 radical (unpaired) electrons. The summed E-state index contributed by atoms with van der Waals surface area (Å²) in [6.07, 6.45) is 0.352. The third-order valence-corrected chi connectivity index (χ3v) is 3.41. The molecule has 32 heavy (non-hydrogen) atoms. The van der Waals surface area contributed by atoms with Crippen molar-refractivity contribution in [1.29, 1.82) is 0 Å². The van der Waals surface area contributed by atoms with Crippen LogP contribution in [0.3, 0.4) is 0 Å². The molecule has 1 heterocycles. The van der Waals surface area contributed by atoms with E-state index in [2.05, 4.69) is 16.0 Å². The van der Waals surface area contributed by atoms with Crippen molar-refractivity contribution in [3.63, 3.8) is 0 Å². The second kappa shape index (κ2) is 20.1. The Hall–Kier alpha value is -0.337. The van der Waals surface area contributed by atoms with Crippen molar-refractivity contribution in [1.82, 2.24) is 20.9 Å². The second-order valence-electron chi connectivity index (χ2n) is 5.87. The summed E-state index contributed by atoms with van der Waals surface area (Å²) in [5, 5.41) is 18.6. The Balaban J connectivity index is -0.000000640. The molecule has 1 aliphatic rings. The number of nitrogens with two attached hydrogens (primary N) is 1. The van der Waals surface area contributed by atoms with Gasteiger partial charge in [-0.15, -0.1) is 20.5 Å². The molecule has 1 amide bonds. The van der Waals surface area contributed by atoms with Crippen molar-refractivity contribution >= 4 is 11.9 Å². The number of nitrogens with one attached hydrogen (secondary N) is 3. The molecule has 0 saturated carbocycles. The van der Waals surface area contributed by atoms with Gasteiger partial charge in [0.15, 0.2) is 0 Å². The first-order chi connectivity index (χ1) is 14.1. The van der Waals surface area contributed by atoms with Crippen LogP contribution in [0.1, 0.15) is 12.8 Å². The molecule has 16 nitrogen and oxygen atoms in total. The summed E-state index contributed by atoms with van der Waals surface area (Å²) in [5.74, 6) is -1.10. The quantitative estimate of drug-likeness (QED) is 0.198. The van der Waals surface area contributed by atoms with E-state index in [9.17, 15) is 9.59 Å². The van der Waals surface area contributed by atoms with Crippen LogP contribution in [0.15, 0.2) is 0 Å². The number of nitrogens with zero attached hydrogens (tertiary/aromatic N) is 1. The third-order valence-electron chi connectivity index (χ3n) is 3.41. The first-order valence-electron chi connectivity index (χ1n) is 8.73. The summed E-state index contributed by atoms with van der Waals surface area (Å²) in [7, 11) is -9.89. The summed E-state index contributed by atoms with van der Waals surface area (Å²) in [6, 6.07) is -0.969. The molecule has 1 saturated heterocycles. The summed E-state index contributed by atoms with van der Waals surface area (Å²) in [5.41, 5.74) is 5.43. The molecule has 1 fully saturated rings. The number of hydrogen-bond acceptors (Lipinski definition) is 14. The SMILES string of the molecule is NC(CCC(=O)N1CCNCCNCCNCC1)C(=O)O.[O-][Cl+3]([O-])([O-])[O-].[O-][Cl+3]([O-])([O-])[O-].[Zn+2]. The van der Waals surface area contributed by atoms with Gasteiger partial charge in [0.05, 0.1) is 0 Å². The maximum absolute atomic E-state index is 12.2. The molecule has 0 aromatic carbocycles. The molecule has 19 heteroatoms. The van der Waals surface area contributed by atoms with Crippen LogP contribution in [0.4, 0.5) is 0 Å². The van der Waals surface area contributed by atoms with Crippen LogP contribution in [-0.4, -0.2) is 80.3 Å². The summed E-state index contributed by atoms with van der Waals surface area (Å²) in [4.78, 5) is 24.6. The zero-order valence-electron chi connectivity index (χ0n) is 17.2. The molecule has 6 N–H and O–H groups in total. The van der Waals surface area contributed by atoms with Gasteiger partial charge in [-0.25, -0.2) is 37.3 Å². The Labute approximate surface area is 201 Å². The monoisotopic (exact) mass is 563 g/mol. The zero-order chi connectivity index (χ0) is 24.5. The minimum Gasteiger partial charge on any atom is -0.480 e. The van der Waals surface area contributed by atoms with Gasteiger partial charge in [0, 0.05) is 58.8 Å². The van der Waals surface area contributed by atoms with E-state index in [-0.39, 0.29) is 38.2 Å². The average molecular weight is 566 g/mol. The molecule has 0 bridgehead atoms. The number of carboxylic acids is 1. The molecule has 0 aromatic rings. The number of halogens is 2. The Bertz CT molecular complexity index is 464. The third kappa shape index (κ3) is 34.3. The van der Waals surface area contributed by atoms with Crippen molar-refractivity contribution in [2.75, 3.05) is 52.4 Å². The van der Waals surface area contributed by atoms with E-state index in [0.717, 1.165) is 39.3 Å². The number of carbonyl (C=O) groups excluding carboxylic acids is 1. The average Bonchev–Trinajstić information content (AvgIpc) is 2.57. The minimum absolute atomic E-state index is 0. The maximum Gasteiger partial charge on any atom is 2.00 e. The first kappa shape index (κ1) is 36.2. The Morgan fingerprint density at radius 2 is 1.12 bits per heavy atom. The Morgan fingerprint density at radius 3 is 1.44 bits per heavy atom. The van der Waals surface area contributed by atoms with Crippen LogP contribution in [0.5, 0.6) is 0 Å². The van der Waals surface area contributed by atoms with Crippen LogP contribution in [0.2, 0.25) is 0 Å². The topological polar surface area (TPSA) is 304 Å². The van der Waals surface area contributed by atoms with E-state index in [1.54, 1.807) is 4.90 Å². The van der Waals surface area contributed by atoms with E-state index < -0.39 is 32.5 Å². The first-order valence-corrected chi connectivity index (χ1v) is 11.2. The van der Waals surface area contributed by atoms with Gasteiger partial charge >= 0.3 is 25.4 Å². The Morgan fingerprint density at radius 1 is 0.812 bits per heavy atom.